The molecule has 1 fully saturated rings. The van der Waals surface area contributed by atoms with Gasteiger partial charge < -0.3 is 10.1 Å². The van der Waals surface area contributed by atoms with Crippen LogP contribution in [-0.4, -0.2) is 38.8 Å². The fraction of sp³-hybridized carbons (Fsp3) is 0.409. The lowest BCUT2D eigenvalue weighted by atomic mass is 10.1. The summed E-state index contributed by atoms with van der Waals surface area (Å²) in [6.45, 7) is 0.665. The second kappa shape index (κ2) is 9.91. The lowest BCUT2D eigenvalue weighted by Crippen LogP contribution is -2.32. The maximum absolute atomic E-state index is 13.2. The number of carbonyl (C=O) groups excluding carboxylic acids is 1. The number of benzene rings is 2. The van der Waals surface area contributed by atoms with Crippen LogP contribution < -0.4 is 10.1 Å². The maximum Gasteiger partial charge on any atom is 0.416 e. The van der Waals surface area contributed by atoms with E-state index in [2.05, 4.69) is 5.32 Å². The van der Waals surface area contributed by atoms with Gasteiger partial charge in [0, 0.05) is 25.2 Å². The molecule has 0 radical (unpaired) electrons. The fourth-order valence-electron chi connectivity index (χ4n) is 3.58. The van der Waals surface area contributed by atoms with Crippen molar-refractivity contribution in [2.24, 2.45) is 0 Å². The Morgan fingerprint density at radius 3 is 2.38 bits per heavy atom. The molecule has 2 aromatic rings. The zero-order chi connectivity index (χ0) is 23.4. The number of halogens is 3. The van der Waals surface area contributed by atoms with E-state index in [0.717, 1.165) is 37.8 Å². The largest absolute Gasteiger partial charge is 0.495 e. The van der Waals surface area contributed by atoms with E-state index in [1.54, 1.807) is 0 Å². The van der Waals surface area contributed by atoms with Gasteiger partial charge in [0.25, 0.3) is 5.91 Å². The van der Waals surface area contributed by atoms with E-state index in [0.29, 0.717) is 13.1 Å². The molecular weight excluding hydrogens is 445 g/mol. The van der Waals surface area contributed by atoms with Crippen molar-refractivity contribution in [2.75, 3.05) is 20.2 Å². The van der Waals surface area contributed by atoms with Gasteiger partial charge in [0.05, 0.1) is 12.7 Å². The number of sulfonamides is 1. The molecule has 0 unspecified atom stereocenters. The van der Waals surface area contributed by atoms with Crippen LogP contribution in [0.25, 0.3) is 0 Å². The van der Waals surface area contributed by atoms with Crippen molar-refractivity contribution in [2.45, 2.75) is 43.3 Å². The average molecular weight is 471 g/mol. The van der Waals surface area contributed by atoms with Crippen LogP contribution in [-0.2, 0) is 22.7 Å². The SMILES string of the molecule is COc1ccc(C(=O)NCc2cccc(C(F)(F)F)c2)cc1S(=O)(=O)N1CCCCCC1. The molecule has 0 aromatic heterocycles. The lowest BCUT2D eigenvalue weighted by Gasteiger charge is -2.21. The molecule has 1 aliphatic rings. The minimum absolute atomic E-state index is 0.0752. The smallest absolute Gasteiger partial charge is 0.416 e. The summed E-state index contributed by atoms with van der Waals surface area (Å²) in [5, 5.41) is 2.54. The Morgan fingerprint density at radius 1 is 1.06 bits per heavy atom. The van der Waals surface area contributed by atoms with Gasteiger partial charge in [0.1, 0.15) is 10.6 Å². The summed E-state index contributed by atoms with van der Waals surface area (Å²) in [7, 11) is -2.52. The number of carbonyl (C=O) groups is 1. The van der Waals surface area contributed by atoms with Gasteiger partial charge in [-0.05, 0) is 48.7 Å². The summed E-state index contributed by atoms with van der Waals surface area (Å²) in [6, 6.07) is 8.73. The van der Waals surface area contributed by atoms with Crippen molar-refractivity contribution in [1.29, 1.82) is 0 Å². The number of alkyl halides is 3. The highest BCUT2D eigenvalue weighted by atomic mass is 32.2. The van der Waals surface area contributed by atoms with Gasteiger partial charge in [0.2, 0.25) is 10.0 Å². The van der Waals surface area contributed by atoms with E-state index in [9.17, 15) is 26.4 Å². The Labute approximate surface area is 185 Å². The molecule has 1 N–H and O–H groups in total. The Bertz CT molecular complexity index is 1060. The quantitative estimate of drug-likeness (QED) is 0.686. The van der Waals surface area contributed by atoms with Crippen LogP contribution in [0.1, 0.15) is 47.2 Å². The molecule has 10 heteroatoms. The van der Waals surface area contributed by atoms with Gasteiger partial charge in [-0.1, -0.05) is 25.0 Å². The summed E-state index contributed by atoms with van der Waals surface area (Å²) in [6.07, 6.45) is -1.04. The zero-order valence-corrected chi connectivity index (χ0v) is 18.4. The molecule has 1 saturated heterocycles. The predicted octanol–water partition coefficient (Wildman–Crippen LogP) is 4.21. The fourth-order valence-corrected chi connectivity index (χ4v) is 5.28. The first-order valence-corrected chi connectivity index (χ1v) is 11.7. The minimum atomic E-state index is -4.48. The number of amides is 1. The third-order valence-electron chi connectivity index (χ3n) is 5.32. The van der Waals surface area contributed by atoms with Gasteiger partial charge in [-0.2, -0.15) is 17.5 Å². The number of nitrogens with zero attached hydrogens (tertiary/aromatic N) is 1. The van der Waals surface area contributed by atoms with Crippen LogP contribution in [0, 0.1) is 0 Å². The van der Waals surface area contributed by atoms with Crippen LogP contribution >= 0.6 is 0 Å². The number of ether oxygens (including phenoxy) is 1. The summed E-state index contributed by atoms with van der Waals surface area (Å²) in [5.41, 5.74) is -0.454. The second-order valence-corrected chi connectivity index (χ2v) is 9.47. The van der Waals surface area contributed by atoms with Crippen LogP contribution in [0.4, 0.5) is 13.2 Å². The molecule has 32 heavy (non-hydrogen) atoms. The molecule has 0 spiro atoms. The lowest BCUT2D eigenvalue weighted by molar-refractivity contribution is -0.137. The van der Waals surface area contributed by atoms with Crippen LogP contribution in [0.2, 0.25) is 0 Å². The van der Waals surface area contributed by atoms with Crippen molar-refractivity contribution in [1.82, 2.24) is 9.62 Å². The van der Waals surface area contributed by atoms with Crippen molar-refractivity contribution in [3.63, 3.8) is 0 Å². The first-order valence-electron chi connectivity index (χ1n) is 10.3. The molecule has 0 saturated carbocycles. The van der Waals surface area contributed by atoms with Gasteiger partial charge in [-0.15, -0.1) is 0 Å². The normalized spacial score (nSPS) is 15.8. The predicted molar refractivity (Wildman–Crippen MR) is 113 cm³/mol. The summed E-state index contributed by atoms with van der Waals surface area (Å²) in [4.78, 5) is 12.5. The van der Waals surface area contributed by atoms with Gasteiger partial charge in [0.15, 0.2) is 0 Å². The highest BCUT2D eigenvalue weighted by Crippen LogP contribution is 2.30. The molecule has 0 atom stereocenters. The Morgan fingerprint density at radius 2 is 1.75 bits per heavy atom. The molecule has 0 bridgehead atoms. The van der Waals surface area contributed by atoms with E-state index in [1.165, 1.54) is 41.7 Å². The van der Waals surface area contributed by atoms with E-state index in [4.69, 9.17) is 4.74 Å². The molecular formula is C22H25F3N2O4S. The van der Waals surface area contributed by atoms with Crippen LogP contribution in [0.15, 0.2) is 47.4 Å². The van der Waals surface area contributed by atoms with E-state index >= 15 is 0 Å². The zero-order valence-electron chi connectivity index (χ0n) is 17.6. The molecule has 6 nitrogen and oxygen atoms in total. The standard InChI is InChI=1S/C22H25F3N2O4S/c1-31-19-10-9-17(14-20(19)32(29,30)27-11-4-2-3-5-12-27)21(28)26-15-16-7-6-8-18(13-16)22(23,24)25/h6-10,13-14H,2-5,11-12,15H2,1H3,(H,26,28). The van der Waals surface area contributed by atoms with E-state index in [1.807, 2.05) is 0 Å². The molecule has 174 valence electrons. The van der Waals surface area contributed by atoms with Crippen molar-refractivity contribution < 1.29 is 31.1 Å². The highest BCUT2D eigenvalue weighted by Gasteiger charge is 2.31. The number of hydrogen-bond donors (Lipinski definition) is 1. The molecule has 1 amide bonds. The third kappa shape index (κ3) is 5.60. The van der Waals surface area contributed by atoms with E-state index in [-0.39, 0.29) is 28.3 Å². The highest BCUT2D eigenvalue weighted by molar-refractivity contribution is 7.89. The van der Waals surface area contributed by atoms with Gasteiger partial charge in [-0.3, -0.25) is 4.79 Å². The van der Waals surface area contributed by atoms with Gasteiger partial charge >= 0.3 is 6.18 Å². The summed E-state index contributed by atoms with van der Waals surface area (Å²) in [5.74, 6) is -0.471. The minimum Gasteiger partial charge on any atom is -0.495 e. The van der Waals surface area contributed by atoms with Crippen molar-refractivity contribution in [3.8, 4) is 5.75 Å². The monoisotopic (exact) mass is 470 g/mol. The maximum atomic E-state index is 13.2. The van der Waals surface area contributed by atoms with Crippen LogP contribution in [0.5, 0.6) is 5.75 Å². The number of hydrogen-bond acceptors (Lipinski definition) is 4. The Hall–Kier alpha value is -2.59. The van der Waals surface area contributed by atoms with Crippen molar-refractivity contribution >= 4 is 15.9 Å². The summed E-state index contributed by atoms with van der Waals surface area (Å²) >= 11 is 0. The number of nitrogens with one attached hydrogen (secondary N) is 1. The summed E-state index contributed by atoms with van der Waals surface area (Å²) < 4.78 is 71.7. The van der Waals surface area contributed by atoms with E-state index < -0.39 is 27.7 Å². The van der Waals surface area contributed by atoms with Gasteiger partial charge in [-0.25, -0.2) is 8.42 Å². The average Bonchev–Trinajstić information content (AvgIpc) is 3.07. The molecule has 0 aliphatic carbocycles. The molecule has 1 aliphatic heterocycles. The molecule has 1 heterocycles. The third-order valence-corrected chi connectivity index (χ3v) is 7.24. The topological polar surface area (TPSA) is 75.7 Å². The van der Waals surface area contributed by atoms with Crippen molar-refractivity contribution in [3.05, 3.63) is 59.2 Å². The van der Waals surface area contributed by atoms with Crippen LogP contribution in [0.3, 0.4) is 0 Å². The molecule has 3 rings (SSSR count). The second-order valence-electron chi connectivity index (χ2n) is 7.56. The number of methoxy groups -OCH3 is 1. The number of rotatable bonds is 6. The Kier molecular flexibility index (Phi) is 7.45. The first-order chi connectivity index (χ1) is 15.1. The first kappa shape index (κ1) is 24.1. The Balaban J connectivity index is 1.81. The molecule has 2 aromatic carbocycles.